The van der Waals surface area contributed by atoms with Crippen LogP contribution in [0, 0.1) is 0 Å². The molecule has 0 aromatic heterocycles. The molecule has 1 radical (unpaired) electrons. The van der Waals surface area contributed by atoms with Crippen LogP contribution in [0.4, 0.5) is 0 Å². The van der Waals surface area contributed by atoms with Gasteiger partial charge in [-0.05, 0) is 0 Å². The van der Waals surface area contributed by atoms with Crippen LogP contribution < -0.4 is 0 Å². The Morgan fingerprint density at radius 2 is 1.36 bits per heavy atom. The van der Waals surface area contributed by atoms with E-state index in [1.807, 2.05) is 20.8 Å². The van der Waals surface area contributed by atoms with Gasteiger partial charge in [0.25, 0.3) is 0 Å². The Kier molecular flexibility index (Phi) is 9.31. The molecule has 14 heavy (non-hydrogen) atoms. The van der Waals surface area contributed by atoms with Gasteiger partial charge in [-0.1, -0.05) is 0 Å². The van der Waals surface area contributed by atoms with E-state index < -0.39 is 19.5 Å². The molecule has 0 aliphatic rings. The van der Waals surface area contributed by atoms with Crippen LogP contribution in [0.5, 0.6) is 0 Å². The number of hydrogen-bond acceptors (Lipinski definition) is 3. The average Bonchev–Trinajstić information content (AvgIpc) is 2.03. The summed E-state index contributed by atoms with van der Waals surface area (Å²) in [6.45, 7) is 8.04. The van der Waals surface area contributed by atoms with Gasteiger partial charge in [0.1, 0.15) is 0 Å². The van der Waals surface area contributed by atoms with Crippen molar-refractivity contribution in [2.24, 2.45) is 0 Å². The molecular formula is C8H20IO3SeSi. The standard InChI is InChI=1S/C8H20IO3SeSi/c1-5-10-14(11-6-2,12-7-3)8-13(4)9/h5-8H2,1-4H3. The molecule has 0 atom stereocenters. The Bertz CT molecular complexity index is 132. The molecule has 0 N–H and O–H groups in total. The number of hydrogen-bond donors (Lipinski definition) is 0. The van der Waals surface area contributed by atoms with Gasteiger partial charge in [-0.15, -0.1) is 0 Å². The summed E-state index contributed by atoms with van der Waals surface area (Å²) < 4.78 is 17.2. The molecule has 0 saturated heterocycles. The first-order valence-corrected chi connectivity index (χ1v) is 14.9. The maximum absolute atomic E-state index is 5.74. The van der Waals surface area contributed by atoms with Crippen molar-refractivity contribution in [2.75, 3.05) is 19.8 Å². The van der Waals surface area contributed by atoms with Crippen LogP contribution >= 0.6 is 20.3 Å². The van der Waals surface area contributed by atoms with E-state index in [2.05, 4.69) is 26.2 Å². The van der Waals surface area contributed by atoms with E-state index in [1.165, 1.54) is 0 Å². The second-order valence-corrected chi connectivity index (χ2v) is 17.1. The zero-order valence-electron chi connectivity index (χ0n) is 9.34. The second kappa shape index (κ2) is 8.49. The van der Waals surface area contributed by atoms with E-state index in [4.69, 9.17) is 13.3 Å². The fourth-order valence-electron chi connectivity index (χ4n) is 1.15. The molecule has 0 saturated carbocycles. The summed E-state index contributed by atoms with van der Waals surface area (Å²) in [5.74, 6) is 2.28. The molecule has 0 fully saturated rings. The predicted molar refractivity (Wildman–Crippen MR) is 71.1 cm³/mol. The van der Waals surface area contributed by atoms with Crippen molar-refractivity contribution < 1.29 is 13.3 Å². The molecule has 0 spiro atoms. The molecule has 0 aromatic carbocycles. The quantitative estimate of drug-likeness (QED) is 0.465. The van der Waals surface area contributed by atoms with Gasteiger partial charge in [0.15, 0.2) is 0 Å². The van der Waals surface area contributed by atoms with Crippen LogP contribution in [-0.2, 0) is 13.3 Å². The average molecular weight is 398 g/mol. The SMILES string of the molecule is CCO[Si](C[Se](C)I)(OCC)OCC. The Hall–Kier alpha value is 1.35. The summed E-state index contributed by atoms with van der Waals surface area (Å²) >= 11 is 2.51. The summed E-state index contributed by atoms with van der Waals surface area (Å²) in [6.07, 6.45) is 0. The molecule has 0 rings (SSSR count). The fourth-order valence-corrected chi connectivity index (χ4v) is 14.0. The van der Waals surface area contributed by atoms with E-state index in [1.54, 1.807) is 0 Å². The van der Waals surface area contributed by atoms with E-state index in [0.717, 1.165) is 4.94 Å². The van der Waals surface area contributed by atoms with Crippen LogP contribution in [-0.4, -0.2) is 39.3 Å². The van der Waals surface area contributed by atoms with Gasteiger partial charge in [0, 0.05) is 0 Å². The molecule has 3 nitrogen and oxygen atoms in total. The van der Waals surface area contributed by atoms with Gasteiger partial charge in [-0.25, -0.2) is 0 Å². The Morgan fingerprint density at radius 1 is 1.00 bits per heavy atom. The molecule has 0 aliphatic carbocycles. The van der Waals surface area contributed by atoms with Gasteiger partial charge < -0.3 is 0 Å². The third-order valence-corrected chi connectivity index (χ3v) is 14.0. The van der Waals surface area contributed by atoms with Gasteiger partial charge in [-0.3, -0.25) is 0 Å². The Balaban J connectivity index is 4.37. The van der Waals surface area contributed by atoms with Crippen LogP contribution in [0.3, 0.4) is 0 Å². The van der Waals surface area contributed by atoms with E-state index >= 15 is 0 Å². The van der Waals surface area contributed by atoms with Crippen molar-refractivity contribution in [1.82, 2.24) is 0 Å². The molecule has 0 aromatic rings. The van der Waals surface area contributed by atoms with Crippen LogP contribution in [0.25, 0.3) is 0 Å². The van der Waals surface area contributed by atoms with Crippen molar-refractivity contribution in [3.8, 4) is 0 Å². The molecule has 0 heterocycles. The molecular weight excluding hydrogens is 378 g/mol. The molecule has 0 amide bonds. The maximum atomic E-state index is 5.74. The molecule has 0 aliphatic heterocycles. The molecule has 0 unspecified atom stereocenters. The van der Waals surface area contributed by atoms with Crippen molar-refractivity contribution in [3.63, 3.8) is 0 Å². The summed E-state index contributed by atoms with van der Waals surface area (Å²) in [5, 5.41) is 0. The van der Waals surface area contributed by atoms with Crippen molar-refractivity contribution >= 4 is 39.8 Å². The summed E-state index contributed by atoms with van der Waals surface area (Å²) in [7, 11) is -2.92. The van der Waals surface area contributed by atoms with E-state index in [9.17, 15) is 0 Å². The monoisotopic (exact) mass is 399 g/mol. The van der Waals surface area contributed by atoms with Gasteiger partial charge >= 0.3 is 104 Å². The first kappa shape index (κ1) is 15.3. The molecule has 87 valence electrons. The first-order valence-electron chi connectivity index (χ1n) is 4.80. The van der Waals surface area contributed by atoms with Crippen molar-refractivity contribution in [1.29, 1.82) is 0 Å². The zero-order chi connectivity index (χ0) is 11.0. The number of halogens is 1. The Labute approximate surface area is 104 Å². The number of rotatable bonds is 8. The van der Waals surface area contributed by atoms with Crippen LogP contribution in [0.2, 0.25) is 10.8 Å². The third kappa shape index (κ3) is 6.04. The fraction of sp³-hybridized carbons (Fsp3) is 1.00. The van der Waals surface area contributed by atoms with Crippen molar-refractivity contribution in [2.45, 2.75) is 31.5 Å². The third-order valence-electron chi connectivity index (χ3n) is 1.47. The van der Waals surface area contributed by atoms with E-state index in [-0.39, 0.29) is 0 Å². The topological polar surface area (TPSA) is 27.7 Å². The van der Waals surface area contributed by atoms with Crippen LogP contribution in [0.1, 0.15) is 20.8 Å². The molecule has 6 heteroatoms. The summed E-state index contributed by atoms with van der Waals surface area (Å²) in [4.78, 5) is 1.02. The normalized spacial score (nSPS) is 12.4. The second-order valence-electron chi connectivity index (χ2n) is 2.68. The van der Waals surface area contributed by atoms with Crippen LogP contribution in [0.15, 0.2) is 0 Å². The Morgan fingerprint density at radius 3 is 1.57 bits per heavy atom. The van der Waals surface area contributed by atoms with Gasteiger partial charge in [0.05, 0.1) is 0 Å². The minimum absolute atomic E-state index is 0.608. The summed E-state index contributed by atoms with van der Waals surface area (Å²) in [5.41, 5.74) is 0. The summed E-state index contributed by atoms with van der Waals surface area (Å²) in [6, 6.07) is 0. The minimum atomic E-state index is -2.31. The first-order chi connectivity index (χ1) is 6.60. The zero-order valence-corrected chi connectivity index (χ0v) is 14.2. The van der Waals surface area contributed by atoms with Gasteiger partial charge in [0.2, 0.25) is 0 Å². The molecule has 0 bridgehead atoms. The van der Waals surface area contributed by atoms with Gasteiger partial charge in [-0.2, -0.15) is 0 Å². The predicted octanol–water partition coefficient (Wildman–Crippen LogP) is 2.63. The van der Waals surface area contributed by atoms with E-state index in [0.29, 0.717) is 19.8 Å². The van der Waals surface area contributed by atoms with Crippen molar-refractivity contribution in [3.05, 3.63) is 0 Å².